The Hall–Kier alpha value is -2.63. The van der Waals surface area contributed by atoms with Crippen LogP contribution >= 0.6 is 0 Å². The molecule has 0 aliphatic heterocycles. The van der Waals surface area contributed by atoms with Gasteiger partial charge in [0.2, 0.25) is 0 Å². The van der Waals surface area contributed by atoms with E-state index in [1.807, 2.05) is 19.1 Å². The number of nitrogens with one attached hydrogen (secondary N) is 1. The second-order valence-corrected chi connectivity index (χ2v) is 4.11. The van der Waals surface area contributed by atoms with E-state index in [1.54, 1.807) is 19.2 Å². The molecule has 0 atom stereocenters. The standard InChI is InChI=1S/C14H15N3O3/c1-3-15-14-9-11(17(18)19)8-13(16-14)10-4-6-12(20-2)7-5-10/h4-9H,3H2,1-2H3,(H,15,16). The molecule has 104 valence electrons. The summed E-state index contributed by atoms with van der Waals surface area (Å²) in [6.07, 6.45) is 0. The summed E-state index contributed by atoms with van der Waals surface area (Å²) in [7, 11) is 1.59. The van der Waals surface area contributed by atoms with E-state index < -0.39 is 4.92 Å². The Morgan fingerprint density at radius 2 is 2.00 bits per heavy atom. The van der Waals surface area contributed by atoms with Crippen LogP contribution in [0.3, 0.4) is 0 Å². The van der Waals surface area contributed by atoms with Crippen LogP contribution in [0.4, 0.5) is 11.5 Å². The lowest BCUT2D eigenvalue weighted by Crippen LogP contribution is -2.01. The molecular formula is C14H15N3O3. The third-order valence-corrected chi connectivity index (χ3v) is 2.76. The van der Waals surface area contributed by atoms with Crippen molar-refractivity contribution in [3.63, 3.8) is 0 Å². The number of ether oxygens (including phenoxy) is 1. The summed E-state index contributed by atoms with van der Waals surface area (Å²) in [6.45, 7) is 2.56. The molecule has 1 heterocycles. The molecule has 1 N–H and O–H groups in total. The van der Waals surface area contributed by atoms with E-state index in [2.05, 4.69) is 10.3 Å². The summed E-state index contributed by atoms with van der Waals surface area (Å²) >= 11 is 0. The maximum absolute atomic E-state index is 11.0. The van der Waals surface area contributed by atoms with Gasteiger partial charge in [-0.2, -0.15) is 0 Å². The number of methoxy groups -OCH3 is 1. The van der Waals surface area contributed by atoms with Crippen molar-refractivity contribution in [1.82, 2.24) is 4.98 Å². The van der Waals surface area contributed by atoms with Gasteiger partial charge in [-0.1, -0.05) is 0 Å². The van der Waals surface area contributed by atoms with Gasteiger partial charge in [0.25, 0.3) is 5.69 Å². The van der Waals surface area contributed by atoms with Gasteiger partial charge in [0, 0.05) is 18.2 Å². The van der Waals surface area contributed by atoms with E-state index in [9.17, 15) is 10.1 Å². The van der Waals surface area contributed by atoms with Crippen LogP contribution in [0.1, 0.15) is 6.92 Å². The van der Waals surface area contributed by atoms with Gasteiger partial charge in [-0.3, -0.25) is 10.1 Å². The molecule has 0 radical (unpaired) electrons. The number of rotatable bonds is 5. The number of anilines is 1. The Labute approximate surface area is 116 Å². The van der Waals surface area contributed by atoms with Crippen LogP contribution < -0.4 is 10.1 Å². The van der Waals surface area contributed by atoms with Crippen LogP contribution in [-0.4, -0.2) is 23.6 Å². The summed E-state index contributed by atoms with van der Waals surface area (Å²) in [6, 6.07) is 10.1. The van der Waals surface area contributed by atoms with Crippen molar-refractivity contribution >= 4 is 11.5 Å². The molecule has 0 fully saturated rings. The Bertz CT molecular complexity index is 612. The lowest BCUT2D eigenvalue weighted by Gasteiger charge is -2.07. The molecule has 2 rings (SSSR count). The molecule has 0 aliphatic carbocycles. The van der Waals surface area contributed by atoms with Crippen LogP contribution in [0.25, 0.3) is 11.3 Å². The fourth-order valence-electron chi connectivity index (χ4n) is 1.80. The molecule has 0 saturated heterocycles. The topological polar surface area (TPSA) is 77.3 Å². The fourth-order valence-corrected chi connectivity index (χ4v) is 1.80. The molecule has 20 heavy (non-hydrogen) atoms. The average molecular weight is 273 g/mol. The fraction of sp³-hybridized carbons (Fsp3) is 0.214. The number of nitrogens with zero attached hydrogens (tertiary/aromatic N) is 2. The van der Waals surface area contributed by atoms with Crippen LogP contribution in [-0.2, 0) is 0 Å². The molecule has 0 aliphatic rings. The van der Waals surface area contributed by atoms with Crippen molar-refractivity contribution in [1.29, 1.82) is 0 Å². The number of pyridine rings is 1. The maximum atomic E-state index is 11.0. The Morgan fingerprint density at radius 3 is 2.55 bits per heavy atom. The van der Waals surface area contributed by atoms with Crippen LogP contribution in [0.15, 0.2) is 36.4 Å². The first-order valence-corrected chi connectivity index (χ1v) is 6.19. The van der Waals surface area contributed by atoms with E-state index in [4.69, 9.17) is 4.74 Å². The summed E-state index contributed by atoms with van der Waals surface area (Å²) in [4.78, 5) is 14.9. The smallest absolute Gasteiger partial charge is 0.275 e. The molecular weight excluding hydrogens is 258 g/mol. The summed E-state index contributed by atoms with van der Waals surface area (Å²) in [5.41, 5.74) is 1.37. The maximum Gasteiger partial charge on any atom is 0.275 e. The Morgan fingerprint density at radius 1 is 1.30 bits per heavy atom. The minimum atomic E-state index is -0.421. The number of hydrogen-bond donors (Lipinski definition) is 1. The van der Waals surface area contributed by atoms with Crippen LogP contribution in [0.2, 0.25) is 0 Å². The second kappa shape index (κ2) is 6.01. The molecule has 0 spiro atoms. The highest BCUT2D eigenvalue weighted by Gasteiger charge is 2.12. The molecule has 2 aromatic rings. The molecule has 0 amide bonds. The molecule has 0 bridgehead atoms. The SMILES string of the molecule is CCNc1cc([N+](=O)[O-])cc(-c2ccc(OC)cc2)n1. The van der Waals surface area contributed by atoms with Crippen molar-refractivity contribution in [2.45, 2.75) is 6.92 Å². The van der Waals surface area contributed by atoms with E-state index in [0.29, 0.717) is 18.1 Å². The van der Waals surface area contributed by atoms with Gasteiger partial charge in [-0.05, 0) is 31.2 Å². The summed E-state index contributed by atoms with van der Waals surface area (Å²) in [5.74, 6) is 1.22. The predicted molar refractivity (Wildman–Crippen MR) is 77.0 cm³/mol. The molecule has 0 unspecified atom stereocenters. The first-order chi connectivity index (χ1) is 9.63. The highest BCUT2D eigenvalue weighted by atomic mass is 16.6. The lowest BCUT2D eigenvalue weighted by molar-refractivity contribution is -0.384. The number of aromatic nitrogens is 1. The highest BCUT2D eigenvalue weighted by molar-refractivity contribution is 5.65. The van der Waals surface area contributed by atoms with Crippen LogP contribution in [0, 0.1) is 10.1 Å². The summed E-state index contributed by atoms with van der Waals surface area (Å²) < 4.78 is 5.09. The van der Waals surface area contributed by atoms with Gasteiger partial charge in [0.1, 0.15) is 11.6 Å². The van der Waals surface area contributed by atoms with E-state index in [1.165, 1.54) is 12.1 Å². The molecule has 1 aromatic heterocycles. The quantitative estimate of drug-likeness (QED) is 0.669. The Kier molecular flexibility index (Phi) is 4.14. The molecule has 0 saturated carbocycles. The molecule has 6 nitrogen and oxygen atoms in total. The van der Waals surface area contributed by atoms with Crippen molar-refractivity contribution in [2.75, 3.05) is 19.0 Å². The van der Waals surface area contributed by atoms with Gasteiger partial charge in [-0.15, -0.1) is 0 Å². The monoisotopic (exact) mass is 273 g/mol. The van der Waals surface area contributed by atoms with E-state index >= 15 is 0 Å². The predicted octanol–water partition coefficient (Wildman–Crippen LogP) is 3.10. The summed E-state index contributed by atoms with van der Waals surface area (Å²) in [5, 5.41) is 14.0. The van der Waals surface area contributed by atoms with Crippen molar-refractivity contribution in [3.8, 4) is 17.0 Å². The van der Waals surface area contributed by atoms with Crippen LogP contribution in [0.5, 0.6) is 5.75 Å². The van der Waals surface area contributed by atoms with Crippen molar-refractivity contribution in [2.24, 2.45) is 0 Å². The number of hydrogen-bond acceptors (Lipinski definition) is 5. The zero-order chi connectivity index (χ0) is 14.5. The van der Waals surface area contributed by atoms with Gasteiger partial charge in [0.15, 0.2) is 0 Å². The van der Waals surface area contributed by atoms with E-state index in [-0.39, 0.29) is 5.69 Å². The average Bonchev–Trinajstić information content (AvgIpc) is 2.47. The molecule has 1 aromatic carbocycles. The minimum Gasteiger partial charge on any atom is -0.497 e. The first-order valence-electron chi connectivity index (χ1n) is 6.19. The number of benzene rings is 1. The highest BCUT2D eigenvalue weighted by Crippen LogP contribution is 2.26. The van der Waals surface area contributed by atoms with Gasteiger partial charge in [0.05, 0.1) is 23.8 Å². The third-order valence-electron chi connectivity index (χ3n) is 2.76. The third kappa shape index (κ3) is 3.03. The second-order valence-electron chi connectivity index (χ2n) is 4.11. The molecule has 6 heteroatoms. The first kappa shape index (κ1) is 13.8. The normalized spacial score (nSPS) is 10.1. The zero-order valence-corrected chi connectivity index (χ0v) is 11.3. The largest absolute Gasteiger partial charge is 0.497 e. The van der Waals surface area contributed by atoms with Crippen molar-refractivity contribution < 1.29 is 9.66 Å². The van der Waals surface area contributed by atoms with Gasteiger partial charge < -0.3 is 10.1 Å². The minimum absolute atomic E-state index is 0.0155. The van der Waals surface area contributed by atoms with Crippen molar-refractivity contribution in [3.05, 3.63) is 46.5 Å². The van der Waals surface area contributed by atoms with E-state index in [0.717, 1.165) is 11.3 Å². The van der Waals surface area contributed by atoms with Gasteiger partial charge in [-0.25, -0.2) is 4.98 Å². The Balaban J connectivity index is 2.45. The van der Waals surface area contributed by atoms with Gasteiger partial charge >= 0.3 is 0 Å². The number of nitro groups is 1. The lowest BCUT2D eigenvalue weighted by atomic mass is 10.1. The zero-order valence-electron chi connectivity index (χ0n) is 11.3.